The summed E-state index contributed by atoms with van der Waals surface area (Å²) in [6, 6.07) is 9.63. The average molecular weight is 347 g/mol. The highest BCUT2D eigenvalue weighted by Gasteiger charge is 2.44. The SMILES string of the molecule is COC(=O)CCCNC(=O)COC(=O)C1(c2ccccc2)CCCC1. The maximum atomic E-state index is 12.7. The number of rotatable bonds is 8. The van der Waals surface area contributed by atoms with Crippen LogP contribution in [0.4, 0.5) is 0 Å². The predicted molar refractivity (Wildman–Crippen MR) is 91.8 cm³/mol. The summed E-state index contributed by atoms with van der Waals surface area (Å²) in [6.45, 7) is 0.0426. The van der Waals surface area contributed by atoms with Crippen molar-refractivity contribution in [3.8, 4) is 0 Å². The first-order chi connectivity index (χ1) is 12.1. The molecule has 25 heavy (non-hydrogen) atoms. The fraction of sp³-hybridized carbons (Fsp3) is 0.526. The van der Waals surface area contributed by atoms with Crippen LogP contribution in [0.3, 0.4) is 0 Å². The number of carbonyl (C=O) groups is 3. The van der Waals surface area contributed by atoms with Crippen LogP contribution < -0.4 is 5.32 Å². The van der Waals surface area contributed by atoms with Gasteiger partial charge in [0.05, 0.1) is 12.5 Å². The molecule has 0 aromatic heterocycles. The molecule has 136 valence electrons. The van der Waals surface area contributed by atoms with Crippen LogP contribution in [0.25, 0.3) is 0 Å². The standard InChI is InChI=1S/C19H25NO5/c1-24-17(22)10-7-13-20-16(21)14-25-18(23)19(11-5-6-12-19)15-8-3-2-4-9-15/h2-4,8-9H,5-7,10-14H2,1H3,(H,20,21). The van der Waals surface area contributed by atoms with Crippen LogP contribution >= 0.6 is 0 Å². The lowest BCUT2D eigenvalue weighted by molar-refractivity contribution is -0.154. The first-order valence-electron chi connectivity index (χ1n) is 8.65. The van der Waals surface area contributed by atoms with E-state index in [9.17, 15) is 14.4 Å². The Balaban J connectivity index is 1.82. The van der Waals surface area contributed by atoms with Crippen LogP contribution in [0, 0.1) is 0 Å². The summed E-state index contributed by atoms with van der Waals surface area (Å²) in [5.41, 5.74) is 0.322. The Bertz CT molecular complexity index is 593. The number of benzene rings is 1. The highest BCUT2D eigenvalue weighted by Crippen LogP contribution is 2.42. The van der Waals surface area contributed by atoms with Gasteiger partial charge in [0.15, 0.2) is 6.61 Å². The average Bonchev–Trinajstić information content (AvgIpc) is 3.15. The molecule has 1 N–H and O–H groups in total. The van der Waals surface area contributed by atoms with E-state index in [0.717, 1.165) is 31.2 Å². The molecule has 0 aliphatic heterocycles. The van der Waals surface area contributed by atoms with E-state index in [1.54, 1.807) is 0 Å². The topological polar surface area (TPSA) is 81.7 Å². The molecule has 0 bridgehead atoms. The number of hydrogen-bond donors (Lipinski definition) is 1. The lowest BCUT2D eigenvalue weighted by atomic mass is 9.79. The molecular weight excluding hydrogens is 322 g/mol. The van der Waals surface area contributed by atoms with E-state index in [-0.39, 0.29) is 30.9 Å². The molecule has 0 radical (unpaired) electrons. The van der Waals surface area contributed by atoms with E-state index < -0.39 is 5.41 Å². The van der Waals surface area contributed by atoms with E-state index in [0.29, 0.717) is 13.0 Å². The van der Waals surface area contributed by atoms with Crippen molar-refractivity contribution in [2.45, 2.75) is 43.9 Å². The van der Waals surface area contributed by atoms with E-state index in [2.05, 4.69) is 10.1 Å². The van der Waals surface area contributed by atoms with Gasteiger partial charge in [0.2, 0.25) is 0 Å². The largest absolute Gasteiger partial charge is 0.469 e. The highest BCUT2D eigenvalue weighted by atomic mass is 16.5. The molecule has 2 rings (SSSR count). The van der Waals surface area contributed by atoms with Crippen LogP contribution in [-0.4, -0.2) is 38.1 Å². The van der Waals surface area contributed by atoms with Crippen molar-refractivity contribution in [2.75, 3.05) is 20.3 Å². The minimum Gasteiger partial charge on any atom is -0.469 e. The van der Waals surface area contributed by atoms with Crippen LogP contribution in [0.15, 0.2) is 30.3 Å². The van der Waals surface area contributed by atoms with Crippen molar-refractivity contribution in [2.24, 2.45) is 0 Å². The Morgan fingerprint density at radius 2 is 1.80 bits per heavy atom. The summed E-state index contributed by atoms with van der Waals surface area (Å²) in [4.78, 5) is 35.5. The van der Waals surface area contributed by atoms with E-state index in [4.69, 9.17) is 4.74 Å². The first-order valence-corrected chi connectivity index (χ1v) is 8.65. The normalized spacial score (nSPS) is 15.4. The Kier molecular flexibility index (Phi) is 6.98. The third kappa shape index (κ3) is 5.05. The van der Waals surface area contributed by atoms with Crippen molar-refractivity contribution in [1.82, 2.24) is 5.32 Å². The van der Waals surface area contributed by atoms with Crippen LogP contribution in [0.1, 0.15) is 44.1 Å². The third-order valence-corrected chi connectivity index (χ3v) is 4.62. The quantitative estimate of drug-likeness (QED) is 0.575. The molecule has 0 saturated heterocycles. The van der Waals surface area contributed by atoms with Gasteiger partial charge in [-0.2, -0.15) is 0 Å². The molecule has 6 heteroatoms. The van der Waals surface area contributed by atoms with Gasteiger partial charge in [-0.25, -0.2) is 0 Å². The predicted octanol–water partition coefficient (Wildman–Crippen LogP) is 2.11. The zero-order valence-corrected chi connectivity index (χ0v) is 14.6. The fourth-order valence-corrected chi connectivity index (χ4v) is 3.23. The van der Waals surface area contributed by atoms with Crippen molar-refractivity contribution < 1.29 is 23.9 Å². The maximum absolute atomic E-state index is 12.7. The molecule has 0 heterocycles. The lowest BCUT2D eigenvalue weighted by Crippen LogP contribution is -2.38. The third-order valence-electron chi connectivity index (χ3n) is 4.62. The number of methoxy groups -OCH3 is 1. The molecule has 0 atom stereocenters. The Labute approximate surface area is 147 Å². The second-order valence-corrected chi connectivity index (χ2v) is 6.26. The zero-order valence-electron chi connectivity index (χ0n) is 14.6. The van der Waals surface area contributed by atoms with Gasteiger partial charge >= 0.3 is 11.9 Å². The van der Waals surface area contributed by atoms with Crippen molar-refractivity contribution in [1.29, 1.82) is 0 Å². The first kappa shape index (κ1) is 19.0. The van der Waals surface area contributed by atoms with Crippen molar-refractivity contribution >= 4 is 17.8 Å². The van der Waals surface area contributed by atoms with Crippen LogP contribution in [-0.2, 0) is 29.3 Å². The minimum atomic E-state index is -0.633. The molecule has 1 aliphatic carbocycles. The Morgan fingerprint density at radius 1 is 1.12 bits per heavy atom. The zero-order chi connectivity index (χ0) is 18.1. The molecule has 0 unspecified atom stereocenters. The molecule has 1 amide bonds. The molecule has 1 aromatic carbocycles. The monoisotopic (exact) mass is 347 g/mol. The second kappa shape index (κ2) is 9.20. The summed E-state index contributed by atoms with van der Waals surface area (Å²) >= 11 is 0. The van der Waals surface area contributed by atoms with Gasteiger partial charge in [-0.15, -0.1) is 0 Å². The number of nitrogens with one attached hydrogen (secondary N) is 1. The van der Waals surface area contributed by atoms with Gasteiger partial charge < -0.3 is 14.8 Å². The van der Waals surface area contributed by atoms with Crippen LogP contribution in [0.5, 0.6) is 0 Å². The second-order valence-electron chi connectivity index (χ2n) is 6.26. The number of esters is 2. The van der Waals surface area contributed by atoms with E-state index in [1.807, 2.05) is 30.3 Å². The molecule has 1 saturated carbocycles. The number of ether oxygens (including phenoxy) is 2. The van der Waals surface area contributed by atoms with Gasteiger partial charge in [0.25, 0.3) is 5.91 Å². The Hall–Kier alpha value is -2.37. The smallest absolute Gasteiger partial charge is 0.317 e. The van der Waals surface area contributed by atoms with E-state index >= 15 is 0 Å². The number of hydrogen-bond acceptors (Lipinski definition) is 5. The molecule has 1 aromatic rings. The van der Waals surface area contributed by atoms with Gasteiger partial charge in [-0.3, -0.25) is 14.4 Å². The van der Waals surface area contributed by atoms with Crippen molar-refractivity contribution in [3.63, 3.8) is 0 Å². The maximum Gasteiger partial charge on any atom is 0.317 e. The summed E-state index contributed by atoms with van der Waals surface area (Å²) in [6.07, 6.45) is 4.18. The summed E-state index contributed by atoms with van der Waals surface area (Å²) in [5, 5.41) is 2.64. The van der Waals surface area contributed by atoms with Gasteiger partial charge in [-0.05, 0) is 24.8 Å². The lowest BCUT2D eigenvalue weighted by Gasteiger charge is -2.27. The molecule has 0 spiro atoms. The molecule has 6 nitrogen and oxygen atoms in total. The summed E-state index contributed by atoms with van der Waals surface area (Å²) in [7, 11) is 1.33. The fourth-order valence-electron chi connectivity index (χ4n) is 3.23. The molecule has 1 fully saturated rings. The highest BCUT2D eigenvalue weighted by molar-refractivity contribution is 5.86. The number of amides is 1. The minimum absolute atomic E-state index is 0.244. The van der Waals surface area contributed by atoms with Gasteiger partial charge in [0.1, 0.15) is 0 Å². The van der Waals surface area contributed by atoms with Gasteiger partial charge in [0, 0.05) is 13.0 Å². The van der Waals surface area contributed by atoms with Crippen molar-refractivity contribution in [3.05, 3.63) is 35.9 Å². The Morgan fingerprint density at radius 3 is 2.44 bits per heavy atom. The van der Waals surface area contributed by atoms with Gasteiger partial charge in [-0.1, -0.05) is 43.2 Å². The summed E-state index contributed by atoms with van der Waals surface area (Å²) < 4.78 is 9.83. The molecular formula is C19H25NO5. The number of carbonyl (C=O) groups excluding carboxylic acids is 3. The van der Waals surface area contributed by atoms with Crippen LogP contribution in [0.2, 0.25) is 0 Å². The van der Waals surface area contributed by atoms with E-state index in [1.165, 1.54) is 7.11 Å². The molecule has 1 aliphatic rings. The summed E-state index contributed by atoms with van der Waals surface area (Å²) in [5.74, 6) is -1.01.